The first-order valence-corrected chi connectivity index (χ1v) is 9.37. The minimum absolute atomic E-state index is 0.103. The van der Waals surface area contributed by atoms with E-state index in [1.807, 2.05) is 12.1 Å². The Kier molecular flexibility index (Phi) is 5.25. The summed E-state index contributed by atoms with van der Waals surface area (Å²) in [6.45, 7) is 1.12. The van der Waals surface area contributed by atoms with Crippen LogP contribution < -0.4 is 5.32 Å². The van der Waals surface area contributed by atoms with E-state index in [0.717, 1.165) is 18.4 Å². The van der Waals surface area contributed by atoms with Crippen molar-refractivity contribution in [3.8, 4) is 11.4 Å². The zero-order valence-electron chi connectivity index (χ0n) is 14.9. The normalized spacial score (nSPS) is 14.9. The fourth-order valence-corrected chi connectivity index (χ4v) is 3.34. The highest BCUT2D eigenvalue weighted by molar-refractivity contribution is 6.30. The highest BCUT2D eigenvalue weighted by Gasteiger charge is 2.27. The average molecular weight is 401 g/mol. The Morgan fingerprint density at radius 2 is 1.93 bits per heavy atom. The maximum Gasteiger partial charge on any atom is 0.321 e. The topological polar surface area (TPSA) is 71.3 Å². The Morgan fingerprint density at radius 1 is 1.18 bits per heavy atom. The van der Waals surface area contributed by atoms with Gasteiger partial charge in [0.25, 0.3) is 0 Å². The number of nitrogens with zero attached hydrogens (tertiary/aromatic N) is 3. The largest absolute Gasteiger partial charge is 0.339 e. The number of benzene rings is 2. The van der Waals surface area contributed by atoms with E-state index in [4.69, 9.17) is 16.1 Å². The predicted molar refractivity (Wildman–Crippen MR) is 104 cm³/mol. The summed E-state index contributed by atoms with van der Waals surface area (Å²) in [5.41, 5.74) is 1.28. The number of carbonyl (C=O) groups is 1. The smallest absolute Gasteiger partial charge is 0.321 e. The number of hydrogen-bond donors (Lipinski definition) is 1. The molecule has 1 aromatic heterocycles. The standard InChI is InChI=1S/C20H18ClFN4O2/c21-15-6-4-13(5-7-15)18-24-19(28-25-18)14-8-10-26(11-9-14)20(27)23-17-3-1-2-16(22)12-17/h1-7,12,14H,8-11H2,(H,23,27). The quantitative estimate of drug-likeness (QED) is 0.675. The van der Waals surface area contributed by atoms with Gasteiger partial charge in [-0.1, -0.05) is 22.8 Å². The number of rotatable bonds is 3. The Hall–Kier alpha value is -2.93. The lowest BCUT2D eigenvalue weighted by atomic mass is 9.97. The molecule has 0 radical (unpaired) electrons. The third-order valence-electron chi connectivity index (χ3n) is 4.75. The molecule has 0 aliphatic carbocycles. The van der Waals surface area contributed by atoms with Gasteiger partial charge in [-0.2, -0.15) is 4.98 Å². The van der Waals surface area contributed by atoms with Crippen molar-refractivity contribution >= 4 is 23.3 Å². The molecule has 0 bridgehead atoms. The van der Waals surface area contributed by atoms with Gasteiger partial charge >= 0.3 is 6.03 Å². The van der Waals surface area contributed by atoms with Gasteiger partial charge in [0.05, 0.1) is 0 Å². The van der Waals surface area contributed by atoms with Crippen LogP contribution in [0.4, 0.5) is 14.9 Å². The molecular weight excluding hydrogens is 383 g/mol. The van der Waals surface area contributed by atoms with Gasteiger partial charge in [-0.15, -0.1) is 0 Å². The number of likely N-dealkylation sites (tertiary alicyclic amines) is 1. The summed E-state index contributed by atoms with van der Waals surface area (Å²) < 4.78 is 18.7. The van der Waals surface area contributed by atoms with Crippen LogP contribution in [0.5, 0.6) is 0 Å². The molecule has 0 atom stereocenters. The molecule has 1 saturated heterocycles. The number of urea groups is 1. The van der Waals surface area contributed by atoms with E-state index in [1.54, 1.807) is 29.2 Å². The molecule has 0 spiro atoms. The third-order valence-corrected chi connectivity index (χ3v) is 5.00. The summed E-state index contributed by atoms with van der Waals surface area (Å²) in [5.74, 6) is 0.823. The Morgan fingerprint density at radius 3 is 2.64 bits per heavy atom. The fourth-order valence-electron chi connectivity index (χ4n) is 3.22. The second-order valence-corrected chi connectivity index (χ2v) is 7.10. The summed E-state index contributed by atoms with van der Waals surface area (Å²) in [4.78, 5) is 18.6. The number of anilines is 1. The van der Waals surface area contributed by atoms with Gasteiger partial charge < -0.3 is 14.7 Å². The van der Waals surface area contributed by atoms with Crippen LogP contribution in [-0.4, -0.2) is 34.2 Å². The highest BCUT2D eigenvalue weighted by Crippen LogP contribution is 2.29. The number of amides is 2. The molecule has 1 fully saturated rings. The van der Waals surface area contributed by atoms with E-state index in [0.29, 0.717) is 35.5 Å². The molecule has 1 aliphatic rings. The Bertz CT molecular complexity index is 968. The summed E-state index contributed by atoms with van der Waals surface area (Å²) in [6, 6.07) is 12.9. The Labute approximate surface area is 166 Å². The first-order valence-electron chi connectivity index (χ1n) is 8.99. The van der Waals surface area contributed by atoms with Crippen LogP contribution in [0.25, 0.3) is 11.4 Å². The van der Waals surface area contributed by atoms with E-state index in [1.165, 1.54) is 12.1 Å². The molecule has 0 unspecified atom stereocenters. The van der Waals surface area contributed by atoms with Crippen molar-refractivity contribution in [2.75, 3.05) is 18.4 Å². The number of halogens is 2. The van der Waals surface area contributed by atoms with Gasteiger partial charge in [-0.25, -0.2) is 9.18 Å². The number of aromatic nitrogens is 2. The first kappa shape index (κ1) is 18.4. The van der Waals surface area contributed by atoms with Crippen LogP contribution in [-0.2, 0) is 0 Å². The molecule has 6 nitrogen and oxygen atoms in total. The molecule has 2 amide bonds. The molecule has 28 heavy (non-hydrogen) atoms. The molecule has 0 saturated carbocycles. The van der Waals surface area contributed by atoms with Crippen molar-refractivity contribution in [3.05, 3.63) is 65.3 Å². The number of nitrogens with one attached hydrogen (secondary N) is 1. The minimum Gasteiger partial charge on any atom is -0.339 e. The van der Waals surface area contributed by atoms with Gasteiger partial charge in [0.1, 0.15) is 5.82 Å². The van der Waals surface area contributed by atoms with Crippen LogP contribution in [0.15, 0.2) is 53.1 Å². The summed E-state index contributed by atoms with van der Waals surface area (Å²) in [7, 11) is 0. The maximum absolute atomic E-state index is 13.2. The van der Waals surface area contributed by atoms with Gasteiger partial charge in [0, 0.05) is 35.3 Å². The fraction of sp³-hybridized carbons (Fsp3) is 0.250. The number of piperidine rings is 1. The second-order valence-electron chi connectivity index (χ2n) is 6.66. The molecule has 2 aromatic carbocycles. The average Bonchev–Trinajstić information content (AvgIpc) is 3.19. The zero-order valence-corrected chi connectivity index (χ0v) is 15.7. The van der Waals surface area contributed by atoms with Gasteiger partial charge in [0.2, 0.25) is 11.7 Å². The lowest BCUT2D eigenvalue weighted by Crippen LogP contribution is -2.40. The first-order chi connectivity index (χ1) is 13.6. The molecule has 3 aromatic rings. The third kappa shape index (κ3) is 4.14. The summed E-state index contributed by atoms with van der Waals surface area (Å²) in [5, 5.41) is 7.42. The Balaban J connectivity index is 1.35. The maximum atomic E-state index is 13.2. The highest BCUT2D eigenvalue weighted by atomic mass is 35.5. The molecule has 2 heterocycles. The number of carbonyl (C=O) groups excluding carboxylic acids is 1. The minimum atomic E-state index is -0.385. The van der Waals surface area contributed by atoms with Crippen LogP contribution in [0, 0.1) is 5.82 Å². The van der Waals surface area contributed by atoms with Crippen molar-refractivity contribution in [2.45, 2.75) is 18.8 Å². The summed E-state index contributed by atoms with van der Waals surface area (Å²) in [6.07, 6.45) is 1.44. The van der Waals surface area contributed by atoms with Crippen molar-refractivity contribution in [1.29, 1.82) is 0 Å². The van der Waals surface area contributed by atoms with Crippen molar-refractivity contribution in [1.82, 2.24) is 15.0 Å². The zero-order chi connectivity index (χ0) is 19.5. The van der Waals surface area contributed by atoms with Gasteiger partial charge in [-0.05, 0) is 55.3 Å². The van der Waals surface area contributed by atoms with Crippen LogP contribution in [0.3, 0.4) is 0 Å². The SMILES string of the molecule is O=C(Nc1cccc(F)c1)N1CCC(c2nc(-c3ccc(Cl)cc3)no2)CC1. The molecule has 1 N–H and O–H groups in total. The molecule has 8 heteroatoms. The van der Waals surface area contributed by atoms with Crippen molar-refractivity contribution in [2.24, 2.45) is 0 Å². The van der Waals surface area contributed by atoms with Crippen molar-refractivity contribution < 1.29 is 13.7 Å². The lowest BCUT2D eigenvalue weighted by Gasteiger charge is -2.30. The van der Waals surface area contributed by atoms with E-state index in [2.05, 4.69) is 15.5 Å². The second kappa shape index (κ2) is 7.98. The van der Waals surface area contributed by atoms with E-state index < -0.39 is 0 Å². The van der Waals surface area contributed by atoms with Crippen LogP contribution in [0.1, 0.15) is 24.7 Å². The molecule has 4 rings (SSSR count). The number of hydrogen-bond acceptors (Lipinski definition) is 4. The predicted octanol–water partition coefficient (Wildman–Crippen LogP) is 4.94. The van der Waals surface area contributed by atoms with Gasteiger partial charge in [0.15, 0.2) is 0 Å². The van der Waals surface area contributed by atoms with E-state index in [-0.39, 0.29) is 17.8 Å². The molecule has 144 valence electrons. The monoisotopic (exact) mass is 400 g/mol. The summed E-state index contributed by atoms with van der Waals surface area (Å²) >= 11 is 5.90. The lowest BCUT2D eigenvalue weighted by molar-refractivity contribution is 0.187. The van der Waals surface area contributed by atoms with Gasteiger partial charge in [-0.3, -0.25) is 0 Å². The van der Waals surface area contributed by atoms with Crippen LogP contribution in [0.2, 0.25) is 5.02 Å². The van der Waals surface area contributed by atoms with E-state index >= 15 is 0 Å². The molecule has 1 aliphatic heterocycles. The molecular formula is C20H18ClFN4O2. The van der Waals surface area contributed by atoms with Crippen molar-refractivity contribution in [3.63, 3.8) is 0 Å². The van der Waals surface area contributed by atoms with Crippen LogP contribution >= 0.6 is 11.6 Å². The van der Waals surface area contributed by atoms with E-state index in [9.17, 15) is 9.18 Å².